The van der Waals surface area contributed by atoms with Crippen LogP contribution in [0.2, 0.25) is 0 Å². The molecule has 2 rings (SSSR count). The van der Waals surface area contributed by atoms with Crippen LogP contribution in [0.3, 0.4) is 0 Å². The number of rotatable bonds is 3. The fraction of sp³-hybridized carbons (Fsp3) is 0.200. The Labute approximate surface area is 91.1 Å². The normalized spacial score (nSPS) is 10.5. The van der Waals surface area contributed by atoms with Crippen LogP contribution in [0.4, 0.5) is 0 Å². The fourth-order valence-corrected chi connectivity index (χ4v) is 2.14. The molecule has 0 atom stereocenters. The van der Waals surface area contributed by atoms with Crippen LogP contribution in [0.15, 0.2) is 34.0 Å². The van der Waals surface area contributed by atoms with E-state index in [2.05, 4.69) is 34.2 Å². The molecule has 0 bridgehead atoms. The third-order valence-electron chi connectivity index (χ3n) is 2.01. The van der Waals surface area contributed by atoms with E-state index >= 15 is 0 Å². The van der Waals surface area contributed by atoms with Crippen molar-refractivity contribution in [3.05, 3.63) is 46.1 Å². The molecule has 0 saturated carbocycles. The highest BCUT2D eigenvalue weighted by atomic mass is 32.2. The van der Waals surface area contributed by atoms with Gasteiger partial charge in [0.2, 0.25) is 0 Å². The first-order valence-electron chi connectivity index (χ1n) is 4.58. The first-order valence-corrected chi connectivity index (χ1v) is 5.56. The summed E-state index contributed by atoms with van der Waals surface area (Å²) in [5, 5.41) is 6.19. The first kappa shape index (κ1) is 10.0. The van der Waals surface area contributed by atoms with E-state index in [1.54, 1.807) is 11.8 Å². The van der Waals surface area contributed by atoms with E-state index in [9.17, 15) is 4.79 Å². The van der Waals surface area contributed by atoms with E-state index in [1.165, 1.54) is 10.5 Å². The van der Waals surface area contributed by atoms with Crippen molar-refractivity contribution < 1.29 is 0 Å². The molecule has 4 nitrogen and oxygen atoms in total. The Morgan fingerprint density at radius 1 is 1.40 bits per heavy atom. The summed E-state index contributed by atoms with van der Waals surface area (Å²) in [6, 6.07) is 8.14. The zero-order valence-electron chi connectivity index (χ0n) is 8.28. The monoisotopic (exact) mass is 221 g/mol. The van der Waals surface area contributed by atoms with Crippen molar-refractivity contribution >= 4 is 11.8 Å². The molecule has 1 heterocycles. The summed E-state index contributed by atoms with van der Waals surface area (Å²) in [5.41, 5.74) is 0.982. The van der Waals surface area contributed by atoms with Crippen molar-refractivity contribution in [2.45, 2.75) is 17.6 Å². The van der Waals surface area contributed by atoms with Gasteiger partial charge in [-0.05, 0) is 18.6 Å². The molecule has 0 aliphatic carbocycles. The van der Waals surface area contributed by atoms with Gasteiger partial charge >= 0.3 is 5.69 Å². The summed E-state index contributed by atoms with van der Waals surface area (Å²) in [7, 11) is 0. The molecule has 0 fully saturated rings. The average molecular weight is 221 g/mol. The molecule has 0 spiro atoms. The Morgan fingerprint density at radius 2 is 2.20 bits per heavy atom. The highest BCUT2D eigenvalue weighted by Gasteiger charge is 2.01. The van der Waals surface area contributed by atoms with Gasteiger partial charge in [0.1, 0.15) is 5.82 Å². The maximum absolute atomic E-state index is 10.8. The molecule has 1 aromatic heterocycles. The van der Waals surface area contributed by atoms with E-state index in [4.69, 9.17) is 0 Å². The van der Waals surface area contributed by atoms with Gasteiger partial charge < -0.3 is 0 Å². The molecule has 0 aliphatic heterocycles. The van der Waals surface area contributed by atoms with Crippen LogP contribution in [-0.2, 0) is 5.75 Å². The van der Waals surface area contributed by atoms with Crippen LogP contribution in [0.1, 0.15) is 11.4 Å². The van der Waals surface area contributed by atoms with Gasteiger partial charge in [-0.2, -0.15) is 5.10 Å². The molecule has 2 aromatic rings. The quantitative estimate of drug-likeness (QED) is 0.775. The van der Waals surface area contributed by atoms with Crippen molar-refractivity contribution in [3.8, 4) is 0 Å². The van der Waals surface area contributed by atoms with E-state index in [0.717, 1.165) is 0 Å². The Balaban J connectivity index is 2.05. The minimum atomic E-state index is -0.254. The standard InChI is InChI=1S/C10H11N3OS/c1-7-4-2-3-5-8(7)15-6-9-11-10(14)13-12-9/h2-5H,6H2,1H3,(H2,11,12,13,14). The van der Waals surface area contributed by atoms with Crippen molar-refractivity contribution in [2.24, 2.45) is 0 Å². The number of nitrogens with zero attached hydrogens (tertiary/aromatic N) is 1. The first-order chi connectivity index (χ1) is 7.25. The molecule has 0 unspecified atom stereocenters. The molecule has 1 aromatic carbocycles. The van der Waals surface area contributed by atoms with Crippen LogP contribution >= 0.6 is 11.8 Å². The lowest BCUT2D eigenvalue weighted by Gasteiger charge is -2.02. The van der Waals surface area contributed by atoms with Crippen LogP contribution in [0.25, 0.3) is 0 Å². The second kappa shape index (κ2) is 4.35. The number of aromatic nitrogens is 3. The van der Waals surface area contributed by atoms with Gasteiger partial charge in [-0.1, -0.05) is 18.2 Å². The van der Waals surface area contributed by atoms with E-state index in [1.807, 2.05) is 12.1 Å². The van der Waals surface area contributed by atoms with E-state index < -0.39 is 0 Å². The third-order valence-corrected chi connectivity index (χ3v) is 3.20. The fourth-order valence-electron chi connectivity index (χ4n) is 1.24. The van der Waals surface area contributed by atoms with Gasteiger partial charge in [-0.25, -0.2) is 9.89 Å². The number of thioether (sulfide) groups is 1. The zero-order valence-corrected chi connectivity index (χ0v) is 9.10. The second-order valence-electron chi connectivity index (χ2n) is 3.18. The van der Waals surface area contributed by atoms with Gasteiger partial charge in [-0.3, -0.25) is 4.98 Å². The van der Waals surface area contributed by atoms with Gasteiger partial charge in [0.15, 0.2) is 0 Å². The zero-order chi connectivity index (χ0) is 10.7. The topological polar surface area (TPSA) is 61.5 Å². The number of aryl methyl sites for hydroxylation is 1. The minimum absolute atomic E-state index is 0.254. The maximum Gasteiger partial charge on any atom is 0.340 e. The molecular weight excluding hydrogens is 210 g/mol. The van der Waals surface area contributed by atoms with Crippen LogP contribution in [0.5, 0.6) is 0 Å². The molecule has 0 amide bonds. The number of aromatic amines is 2. The molecule has 0 aliphatic rings. The average Bonchev–Trinajstić information content (AvgIpc) is 2.63. The summed E-state index contributed by atoms with van der Waals surface area (Å²) < 4.78 is 0. The number of nitrogens with one attached hydrogen (secondary N) is 2. The minimum Gasteiger partial charge on any atom is -0.292 e. The van der Waals surface area contributed by atoms with Crippen LogP contribution < -0.4 is 5.69 Å². The Hall–Kier alpha value is -1.49. The molecular formula is C10H11N3OS. The number of benzene rings is 1. The summed E-state index contributed by atoms with van der Waals surface area (Å²) in [4.78, 5) is 14.6. The van der Waals surface area contributed by atoms with Crippen molar-refractivity contribution in [1.82, 2.24) is 15.2 Å². The van der Waals surface area contributed by atoms with E-state index in [0.29, 0.717) is 11.6 Å². The number of H-pyrrole nitrogens is 2. The number of hydrogen-bond acceptors (Lipinski definition) is 3. The van der Waals surface area contributed by atoms with Crippen molar-refractivity contribution in [2.75, 3.05) is 0 Å². The molecule has 78 valence electrons. The summed E-state index contributed by atoms with van der Waals surface area (Å²) >= 11 is 1.66. The van der Waals surface area contributed by atoms with Gasteiger partial charge in [0, 0.05) is 4.90 Å². The predicted octanol–water partition coefficient (Wildman–Crippen LogP) is 1.70. The van der Waals surface area contributed by atoms with Crippen LogP contribution in [-0.4, -0.2) is 15.2 Å². The number of hydrogen-bond donors (Lipinski definition) is 2. The highest BCUT2D eigenvalue weighted by Crippen LogP contribution is 2.23. The lowest BCUT2D eigenvalue weighted by Crippen LogP contribution is -2.00. The summed E-state index contributed by atoms with van der Waals surface area (Å²) in [6.45, 7) is 2.07. The van der Waals surface area contributed by atoms with Gasteiger partial charge in [0.25, 0.3) is 0 Å². The van der Waals surface area contributed by atoms with E-state index in [-0.39, 0.29) is 5.69 Å². The third kappa shape index (κ3) is 2.50. The Bertz CT molecular complexity index is 503. The van der Waals surface area contributed by atoms with Crippen LogP contribution in [0, 0.1) is 6.92 Å². The highest BCUT2D eigenvalue weighted by molar-refractivity contribution is 7.98. The van der Waals surface area contributed by atoms with Crippen molar-refractivity contribution in [1.29, 1.82) is 0 Å². The smallest absolute Gasteiger partial charge is 0.292 e. The molecule has 15 heavy (non-hydrogen) atoms. The summed E-state index contributed by atoms with van der Waals surface area (Å²) in [5.74, 6) is 1.34. The summed E-state index contributed by atoms with van der Waals surface area (Å²) in [6.07, 6.45) is 0. The molecule has 2 N–H and O–H groups in total. The maximum atomic E-state index is 10.8. The SMILES string of the molecule is Cc1ccccc1SCc1n[nH]c(=O)[nH]1. The molecule has 5 heteroatoms. The second-order valence-corrected chi connectivity index (χ2v) is 4.20. The lowest BCUT2D eigenvalue weighted by molar-refractivity contribution is 1.01. The van der Waals surface area contributed by atoms with Gasteiger partial charge in [-0.15, -0.1) is 11.8 Å². The Morgan fingerprint density at radius 3 is 2.87 bits per heavy atom. The van der Waals surface area contributed by atoms with Gasteiger partial charge in [0.05, 0.1) is 5.75 Å². The predicted molar refractivity (Wildman–Crippen MR) is 59.9 cm³/mol. The largest absolute Gasteiger partial charge is 0.340 e. The molecule has 0 saturated heterocycles. The Kier molecular flexibility index (Phi) is 2.91. The lowest BCUT2D eigenvalue weighted by atomic mass is 10.2. The van der Waals surface area contributed by atoms with Crippen molar-refractivity contribution in [3.63, 3.8) is 0 Å². The molecule has 0 radical (unpaired) electrons.